The first-order chi connectivity index (χ1) is 14.8. The normalized spacial score (nSPS) is 12.0. The van der Waals surface area contributed by atoms with Gasteiger partial charge in [0, 0.05) is 32.7 Å². The summed E-state index contributed by atoms with van der Waals surface area (Å²) in [4.78, 5) is 24.2. The number of hydrogen-bond donors (Lipinski definition) is 2. The van der Waals surface area contributed by atoms with E-state index in [1.807, 2.05) is 66.9 Å². The second-order valence-electron chi connectivity index (χ2n) is 7.09. The third-order valence-corrected chi connectivity index (χ3v) is 5.24. The number of hydrazone groups is 1. The van der Waals surface area contributed by atoms with Crippen LogP contribution in [-0.2, 0) is 9.59 Å². The third kappa shape index (κ3) is 5.54. The minimum atomic E-state index is -0.838. The molecule has 0 aliphatic carbocycles. The van der Waals surface area contributed by atoms with Crippen LogP contribution in [0.2, 0.25) is 10.0 Å². The number of amides is 2. The van der Waals surface area contributed by atoms with Gasteiger partial charge in [0.15, 0.2) is 0 Å². The highest BCUT2D eigenvalue weighted by Gasteiger charge is 2.16. The number of hydrogen-bond acceptors (Lipinski definition) is 3. The number of aromatic nitrogens is 1. The number of aryl methyl sites for hydroxylation is 1. The Kier molecular flexibility index (Phi) is 7.15. The molecule has 31 heavy (non-hydrogen) atoms. The topological polar surface area (TPSA) is 75.5 Å². The smallest absolute Gasteiger partial charge is 0.329 e. The highest BCUT2D eigenvalue weighted by Crippen LogP contribution is 2.26. The van der Waals surface area contributed by atoms with Gasteiger partial charge in [-0.3, -0.25) is 9.59 Å². The van der Waals surface area contributed by atoms with E-state index in [0.29, 0.717) is 10.0 Å². The first kappa shape index (κ1) is 22.6. The number of halogens is 2. The summed E-state index contributed by atoms with van der Waals surface area (Å²) in [5.74, 6) is -1.60. The minimum Gasteiger partial charge on any atom is -0.341 e. The Hall–Kier alpha value is -3.09. The predicted octanol–water partition coefficient (Wildman–Crippen LogP) is 4.73. The SMILES string of the molecule is Cc1cc(/C=N\NC(=O)C(=O)N[C@H](C)c2ccccc2)c(C)n1-c1cc(Cl)cc(Cl)c1. The van der Waals surface area contributed by atoms with Gasteiger partial charge in [0.1, 0.15) is 0 Å². The van der Waals surface area contributed by atoms with Gasteiger partial charge in [0.2, 0.25) is 0 Å². The van der Waals surface area contributed by atoms with Crippen molar-refractivity contribution in [1.29, 1.82) is 0 Å². The van der Waals surface area contributed by atoms with Crippen molar-refractivity contribution < 1.29 is 9.59 Å². The molecule has 1 atom stereocenters. The number of carbonyl (C=O) groups is 2. The summed E-state index contributed by atoms with van der Waals surface area (Å²) >= 11 is 12.3. The molecule has 2 N–H and O–H groups in total. The van der Waals surface area contributed by atoms with Crippen LogP contribution in [0.1, 0.15) is 35.5 Å². The van der Waals surface area contributed by atoms with Crippen molar-refractivity contribution in [3.8, 4) is 5.69 Å². The van der Waals surface area contributed by atoms with Gasteiger partial charge < -0.3 is 9.88 Å². The molecule has 3 rings (SSSR count). The Morgan fingerprint density at radius 1 is 1.00 bits per heavy atom. The van der Waals surface area contributed by atoms with Crippen LogP contribution in [0.4, 0.5) is 0 Å². The molecule has 2 aromatic carbocycles. The summed E-state index contributed by atoms with van der Waals surface area (Å²) in [6, 6.07) is 16.3. The van der Waals surface area contributed by atoms with Crippen molar-refractivity contribution in [2.45, 2.75) is 26.8 Å². The Morgan fingerprint density at radius 2 is 1.65 bits per heavy atom. The van der Waals surface area contributed by atoms with Crippen LogP contribution in [-0.4, -0.2) is 22.6 Å². The molecule has 160 valence electrons. The molecule has 0 fully saturated rings. The molecule has 0 aliphatic rings. The zero-order valence-electron chi connectivity index (χ0n) is 17.3. The second-order valence-corrected chi connectivity index (χ2v) is 7.97. The monoisotopic (exact) mass is 456 g/mol. The van der Waals surface area contributed by atoms with Crippen molar-refractivity contribution >= 4 is 41.2 Å². The molecule has 0 aliphatic heterocycles. The van der Waals surface area contributed by atoms with Crippen LogP contribution in [0.3, 0.4) is 0 Å². The van der Waals surface area contributed by atoms with E-state index in [2.05, 4.69) is 15.8 Å². The molecule has 0 spiro atoms. The molecule has 1 heterocycles. The molecular formula is C23H22Cl2N4O2. The molecule has 2 amide bonds. The first-order valence-electron chi connectivity index (χ1n) is 9.60. The fraction of sp³-hybridized carbons (Fsp3) is 0.174. The van der Waals surface area contributed by atoms with E-state index < -0.39 is 11.8 Å². The molecule has 0 unspecified atom stereocenters. The Bertz CT molecular complexity index is 1120. The zero-order valence-corrected chi connectivity index (χ0v) is 18.8. The van der Waals surface area contributed by atoms with Gasteiger partial charge in [-0.2, -0.15) is 5.10 Å². The lowest BCUT2D eigenvalue weighted by Gasteiger charge is -2.13. The van der Waals surface area contributed by atoms with Crippen LogP contribution < -0.4 is 10.7 Å². The van der Waals surface area contributed by atoms with Crippen molar-refractivity contribution in [3.05, 3.63) is 87.2 Å². The van der Waals surface area contributed by atoms with Crippen molar-refractivity contribution in [3.63, 3.8) is 0 Å². The van der Waals surface area contributed by atoms with Crippen LogP contribution in [0.15, 0.2) is 59.7 Å². The van der Waals surface area contributed by atoms with Crippen LogP contribution in [0.25, 0.3) is 5.69 Å². The summed E-state index contributed by atoms with van der Waals surface area (Å²) in [6.07, 6.45) is 1.50. The number of nitrogens with one attached hydrogen (secondary N) is 2. The highest BCUT2D eigenvalue weighted by atomic mass is 35.5. The summed E-state index contributed by atoms with van der Waals surface area (Å²) in [5.41, 5.74) is 6.61. The standard InChI is InChI=1S/C23H22Cl2N4O2/c1-14-9-18(16(3)29(14)21-11-19(24)10-20(25)12-21)13-26-28-23(31)22(30)27-15(2)17-7-5-4-6-8-17/h4-13,15H,1-3H3,(H,27,30)(H,28,31)/b26-13-/t15-/m1/s1. The molecule has 3 aromatic rings. The zero-order chi connectivity index (χ0) is 22.5. The lowest BCUT2D eigenvalue weighted by molar-refractivity contribution is -0.139. The van der Waals surface area contributed by atoms with Crippen LogP contribution >= 0.6 is 23.2 Å². The number of benzene rings is 2. The maximum absolute atomic E-state index is 12.1. The fourth-order valence-corrected chi connectivity index (χ4v) is 3.80. The molecule has 0 saturated heterocycles. The van der Waals surface area contributed by atoms with E-state index in [-0.39, 0.29) is 6.04 Å². The predicted molar refractivity (Wildman–Crippen MR) is 124 cm³/mol. The second kappa shape index (κ2) is 9.81. The molecule has 8 heteroatoms. The number of carbonyl (C=O) groups excluding carboxylic acids is 2. The lowest BCUT2D eigenvalue weighted by atomic mass is 10.1. The minimum absolute atomic E-state index is 0.299. The Labute approximate surface area is 190 Å². The highest BCUT2D eigenvalue weighted by molar-refractivity contribution is 6.35. The van der Waals surface area contributed by atoms with Gasteiger partial charge in [-0.25, -0.2) is 5.43 Å². The average molecular weight is 457 g/mol. The molecule has 6 nitrogen and oxygen atoms in total. The first-order valence-corrected chi connectivity index (χ1v) is 10.4. The Morgan fingerprint density at radius 3 is 2.29 bits per heavy atom. The fourth-order valence-electron chi connectivity index (χ4n) is 3.28. The van der Waals surface area contributed by atoms with Crippen molar-refractivity contribution in [2.24, 2.45) is 5.10 Å². The van der Waals surface area contributed by atoms with Gasteiger partial charge in [-0.15, -0.1) is 0 Å². The van der Waals surface area contributed by atoms with E-state index in [4.69, 9.17) is 23.2 Å². The van der Waals surface area contributed by atoms with Crippen molar-refractivity contribution in [2.75, 3.05) is 0 Å². The van der Waals surface area contributed by atoms with E-state index in [9.17, 15) is 9.59 Å². The van der Waals surface area contributed by atoms with E-state index >= 15 is 0 Å². The van der Waals surface area contributed by atoms with E-state index in [1.54, 1.807) is 13.0 Å². The number of nitrogens with zero attached hydrogens (tertiary/aromatic N) is 2. The third-order valence-electron chi connectivity index (χ3n) is 4.80. The molecular weight excluding hydrogens is 435 g/mol. The molecule has 0 saturated carbocycles. The van der Waals surface area contributed by atoms with E-state index in [0.717, 1.165) is 28.2 Å². The summed E-state index contributed by atoms with van der Waals surface area (Å²) in [6.45, 7) is 5.66. The maximum Gasteiger partial charge on any atom is 0.329 e. The molecule has 0 bridgehead atoms. The van der Waals surface area contributed by atoms with Gasteiger partial charge in [-0.05, 0) is 50.6 Å². The lowest BCUT2D eigenvalue weighted by Crippen LogP contribution is -2.39. The van der Waals surface area contributed by atoms with Crippen LogP contribution in [0, 0.1) is 13.8 Å². The van der Waals surface area contributed by atoms with Gasteiger partial charge >= 0.3 is 11.8 Å². The van der Waals surface area contributed by atoms with Crippen molar-refractivity contribution in [1.82, 2.24) is 15.3 Å². The largest absolute Gasteiger partial charge is 0.341 e. The van der Waals surface area contributed by atoms with E-state index in [1.165, 1.54) is 6.21 Å². The average Bonchev–Trinajstić information content (AvgIpc) is 3.00. The molecule has 0 radical (unpaired) electrons. The summed E-state index contributed by atoms with van der Waals surface area (Å²) in [5, 5.41) is 7.65. The van der Waals surface area contributed by atoms with Gasteiger partial charge in [0.05, 0.1) is 12.3 Å². The summed E-state index contributed by atoms with van der Waals surface area (Å²) in [7, 11) is 0. The molecule has 1 aromatic heterocycles. The maximum atomic E-state index is 12.1. The number of rotatable bonds is 5. The van der Waals surface area contributed by atoms with Crippen LogP contribution in [0.5, 0.6) is 0 Å². The van der Waals surface area contributed by atoms with Gasteiger partial charge in [-0.1, -0.05) is 53.5 Å². The van der Waals surface area contributed by atoms with Gasteiger partial charge in [0.25, 0.3) is 0 Å². The Balaban J connectivity index is 1.67. The quantitative estimate of drug-likeness (QED) is 0.330. The summed E-state index contributed by atoms with van der Waals surface area (Å²) < 4.78 is 1.98.